The van der Waals surface area contributed by atoms with E-state index in [0.717, 1.165) is 0 Å². The number of rotatable bonds is 5. The van der Waals surface area contributed by atoms with Gasteiger partial charge in [-0.05, 0) is 31.2 Å². The van der Waals surface area contributed by atoms with Gasteiger partial charge in [0.2, 0.25) is 0 Å². The predicted molar refractivity (Wildman–Crippen MR) is 83.8 cm³/mol. The first kappa shape index (κ1) is 15.5. The Hall–Kier alpha value is -1.88. The van der Waals surface area contributed by atoms with Crippen LogP contribution >= 0.6 is 15.9 Å². The van der Waals surface area contributed by atoms with Gasteiger partial charge in [-0.1, -0.05) is 34.1 Å². The van der Waals surface area contributed by atoms with Gasteiger partial charge in [0.25, 0.3) is 0 Å². The van der Waals surface area contributed by atoms with E-state index in [4.69, 9.17) is 4.74 Å². The van der Waals surface area contributed by atoms with Crippen molar-refractivity contribution in [1.29, 1.82) is 0 Å². The molecule has 0 heterocycles. The quantitative estimate of drug-likeness (QED) is 0.812. The van der Waals surface area contributed by atoms with Crippen molar-refractivity contribution in [3.8, 4) is 0 Å². The monoisotopic (exact) mass is 351 g/mol. The minimum absolute atomic E-state index is 0.287. The summed E-state index contributed by atoms with van der Waals surface area (Å²) in [6.07, 6.45) is 0. The lowest BCUT2D eigenvalue weighted by molar-refractivity contribution is 0.0527. The zero-order chi connectivity index (χ0) is 15.2. The lowest BCUT2D eigenvalue weighted by atomic mass is 10.1. The van der Waals surface area contributed by atoms with Crippen LogP contribution in [0.4, 0.5) is 10.1 Å². The Kier molecular flexibility index (Phi) is 5.33. The molecule has 0 unspecified atom stereocenters. The molecule has 0 aliphatic heterocycles. The van der Waals surface area contributed by atoms with E-state index < -0.39 is 5.97 Å². The van der Waals surface area contributed by atoms with Crippen LogP contribution in [0.25, 0.3) is 0 Å². The van der Waals surface area contributed by atoms with E-state index in [1.165, 1.54) is 6.07 Å². The largest absolute Gasteiger partial charge is 0.462 e. The van der Waals surface area contributed by atoms with Gasteiger partial charge in [0.15, 0.2) is 0 Å². The summed E-state index contributed by atoms with van der Waals surface area (Å²) < 4.78 is 19.5. The fourth-order valence-electron chi connectivity index (χ4n) is 1.88. The van der Waals surface area contributed by atoms with Gasteiger partial charge in [-0.2, -0.15) is 0 Å². The van der Waals surface area contributed by atoms with Gasteiger partial charge in [-0.15, -0.1) is 0 Å². The molecule has 2 rings (SSSR count). The van der Waals surface area contributed by atoms with Crippen molar-refractivity contribution in [3.63, 3.8) is 0 Å². The maximum Gasteiger partial charge on any atom is 0.340 e. The molecular formula is C16H15BrFNO2. The van der Waals surface area contributed by atoms with Crippen LogP contribution in [0, 0.1) is 5.82 Å². The van der Waals surface area contributed by atoms with Crippen LogP contribution in [-0.2, 0) is 11.3 Å². The molecular weight excluding hydrogens is 337 g/mol. The first-order valence-corrected chi connectivity index (χ1v) is 7.35. The highest BCUT2D eigenvalue weighted by Gasteiger charge is 2.12. The highest BCUT2D eigenvalue weighted by molar-refractivity contribution is 9.10. The summed E-state index contributed by atoms with van der Waals surface area (Å²) in [6.45, 7) is 2.36. The van der Waals surface area contributed by atoms with E-state index in [-0.39, 0.29) is 12.4 Å². The molecule has 0 amide bonds. The molecule has 1 N–H and O–H groups in total. The molecule has 3 nitrogen and oxygen atoms in total. The Morgan fingerprint density at radius 2 is 2.05 bits per heavy atom. The molecule has 0 atom stereocenters. The fraction of sp³-hybridized carbons (Fsp3) is 0.188. The molecule has 0 bridgehead atoms. The van der Waals surface area contributed by atoms with E-state index in [0.29, 0.717) is 27.9 Å². The Balaban J connectivity index is 2.14. The molecule has 0 radical (unpaired) electrons. The van der Waals surface area contributed by atoms with Gasteiger partial charge < -0.3 is 10.1 Å². The second-order valence-electron chi connectivity index (χ2n) is 4.36. The number of halogens is 2. The van der Waals surface area contributed by atoms with Crippen molar-refractivity contribution in [2.24, 2.45) is 0 Å². The molecule has 110 valence electrons. The number of hydrogen-bond acceptors (Lipinski definition) is 3. The SMILES string of the molecule is CCOC(=O)c1ccccc1NCc1ccc(Br)cc1F. The van der Waals surface area contributed by atoms with Gasteiger partial charge in [-0.3, -0.25) is 0 Å². The molecule has 0 aliphatic rings. The highest BCUT2D eigenvalue weighted by Crippen LogP contribution is 2.20. The molecule has 0 aromatic heterocycles. The number of esters is 1. The van der Waals surface area contributed by atoms with Gasteiger partial charge in [0.05, 0.1) is 12.2 Å². The first-order chi connectivity index (χ1) is 10.1. The molecule has 0 saturated carbocycles. The molecule has 5 heteroatoms. The molecule has 0 aliphatic carbocycles. The van der Waals surface area contributed by atoms with E-state index in [2.05, 4.69) is 21.2 Å². The number of para-hydroxylation sites is 1. The predicted octanol–water partition coefficient (Wildman–Crippen LogP) is 4.38. The molecule has 2 aromatic rings. The van der Waals surface area contributed by atoms with Crippen LogP contribution in [-0.4, -0.2) is 12.6 Å². The minimum Gasteiger partial charge on any atom is -0.462 e. The molecule has 2 aromatic carbocycles. The number of carbonyl (C=O) groups excluding carboxylic acids is 1. The van der Waals surface area contributed by atoms with E-state index >= 15 is 0 Å². The summed E-state index contributed by atoms with van der Waals surface area (Å²) in [6, 6.07) is 11.9. The van der Waals surface area contributed by atoms with Crippen LogP contribution < -0.4 is 5.32 Å². The summed E-state index contributed by atoms with van der Waals surface area (Å²) in [5.41, 5.74) is 1.59. The van der Waals surface area contributed by atoms with Crippen molar-refractivity contribution in [2.45, 2.75) is 13.5 Å². The zero-order valence-electron chi connectivity index (χ0n) is 11.5. The molecule has 0 fully saturated rings. The normalized spacial score (nSPS) is 10.2. The first-order valence-electron chi connectivity index (χ1n) is 6.55. The van der Waals surface area contributed by atoms with Crippen molar-refractivity contribution < 1.29 is 13.9 Å². The van der Waals surface area contributed by atoms with Gasteiger partial charge in [0.1, 0.15) is 5.82 Å². The van der Waals surface area contributed by atoms with Crippen molar-refractivity contribution >= 4 is 27.6 Å². The van der Waals surface area contributed by atoms with Crippen LogP contribution in [0.5, 0.6) is 0 Å². The number of hydrogen-bond donors (Lipinski definition) is 1. The zero-order valence-corrected chi connectivity index (χ0v) is 13.1. The standard InChI is InChI=1S/C16H15BrFNO2/c1-2-21-16(20)13-5-3-4-6-15(13)19-10-11-7-8-12(17)9-14(11)18/h3-9,19H,2,10H2,1H3. The number of anilines is 1. The lowest BCUT2D eigenvalue weighted by Gasteiger charge is -2.12. The Morgan fingerprint density at radius 1 is 1.29 bits per heavy atom. The third-order valence-corrected chi connectivity index (χ3v) is 3.40. The van der Waals surface area contributed by atoms with Crippen LogP contribution in [0.2, 0.25) is 0 Å². The Bertz CT molecular complexity index is 646. The average Bonchev–Trinajstić information content (AvgIpc) is 2.47. The van der Waals surface area contributed by atoms with Crippen LogP contribution in [0.1, 0.15) is 22.8 Å². The summed E-state index contributed by atoms with van der Waals surface area (Å²) in [7, 11) is 0. The van der Waals surface area contributed by atoms with Crippen molar-refractivity contribution in [3.05, 3.63) is 63.9 Å². The van der Waals surface area contributed by atoms with Gasteiger partial charge in [-0.25, -0.2) is 9.18 Å². The number of nitrogens with one attached hydrogen (secondary N) is 1. The third kappa shape index (κ3) is 4.04. The maximum atomic E-state index is 13.8. The smallest absolute Gasteiger partial charge is 0.340 e. The number of ether oxygens (including phenoxy) is 1. The maximum absolute atomic E-state index is 13.8. The van der Waals surface area contributed by atoms with Crippen molar-refractivity contribution in [1.82, 2.24) is 0 Å². The highest BCUT2D eigenvalue weighted by atomic mass is 79.9. The van der Waals surface area contributed by atoms with Crippen LogP contribution in [0.3, 0.4) is 0 Å². The van der Waals surface area contributed by atoms with Gasteiger partial charge >= 0.3 is 5.97 Å². The molecule has 0 spiro atoms. The lowest BCUT2D eigenvalue weighted by Crippen LogP contribution is -2.10. The van der Waals surface area contributed by atoms with Gasteiger partial charge in [0, 0.05) is 22.3 Å². The van der Waals surface area contributed by atoms with E-state index in [9.17, 15) is 9.18 Å². The summed E-state index contributed by atoms with van der Waals surface area (Å²) in [5.74, 6) is -0.692. The number of benzene rings is 2. The topological polar surface area (TPSA) is 38.3 Å². The van der Waals surface area contributed by atoms with E-state index in [1.807, 2.05) is 6.07 Å². The Morgan fingerprint density at radius 3 is 2.76 bits per heavy atom. The Labute approximate surface area is 131 Å². The second kappa shape index (κ2) is 7.22. The van der Waals surface area contributed by atoms with Crippen LogP contribution in [0.15, 0.2) is 46.9 Å². The summed E-state index contributed by atoms with van der Waals surface area (Å²) >= 11 is 3.22. The molecule has 21 heavy (non-hydrogen) atoms. The number of carbonyl (C=O) groups is 1. The second-order valence-corrected chi connectivity index (χ2v) is 5.27. The third-order valence-electron chi connectivity index (χ3n) is 2.91. The molecule has 0 saturated heterocycles. The minimum atomic E-state index is -0.392. The van der Waals surface area contributed by atoms with E-state index in [1.54, 1.807) is 37.3 Å². The fourth-order valence-corrected chi connectivity index (χ4v) is 2.21. The van der Waals surface area contributed by atoms with Crippen molar-refractivity contribution in [2.75, 3.05) is 11.9 Å². The summed E-state index contributed by atoms with van der Waals surface area (Å²) in [5, 5.41) is 3.07. The summed E-state index contributed by atoms with van der Waals surface area (Å²) in [4.78, 5) is 11.8. The average molecular weight is 352 g/mol.